The predicted octanol–water partition coefficient (Wildman–Crippen LogP) is -0.580. The molecule has 110 valence electrons. The van der Waals surface area contributed by atoms with Gasteiger partial charge in [-0.2, -0.15) is 0 Å². The summed E-state index contributed by atoms with van der Waals surface area (Å²) >= 11 is 0. The van der Waals surface area contributed by atoms with E-state index < -0.39 is 28.6 Å². The molecule has 1 heterocycles. The summed E-state index contributed by atoms with van der Waals surface area (Å²) in [6, 6.07) is 8.92. The lowest BCUT2D eigenvalue weighted by atomic mass is 10.2. The van der Waals surface area contributed by atoms with Crippen LogP contribution in [0.3, 0.4) is 0 Å². The van der Waals surface area contributed by atoms with Gasteiger partial charge in [0.25, 0.3) is 5.91 Å². The number of amides is 1. The van der Waals surface area contributed by atoms with E-state index in [1.54, 1.807) is 24.3 Å². The van der Waals surface area contributed by atoms with E-state index in [1.165, 1.54) is 0 Å². The molecule has 0 aliphatic rings. The molecule has 8 nitrogen and oxygen atoms in total. The number of benzene rings is 1. The zero-order valence-electron chi connectivity index (χ0n) is 11.1. The topological polar surface area (TPSA) is 114 Å². The van der Waals surface area contributed by atoms with Crippen molar-refractivity contribution in [2.75, 3.05) is 0 Å². The van der Waals surface area contributed by atoms with Crippen molar-refractivity contribution in [3.63, 3.8) is 0 Å². The summed E-state index contributed by atoms with van der Waals surface area (Å²) in [6.07, 6.45) is 0. The molecular weight excluding hydrogens is 278 g/mol. The highest BCUT2D eigenvalue weighted by molar-refractivity contribution is 5.95. The number of nitrogens with zero attached hydrogens (tertiary/aromatic N) is 2. The molecule has 1 aromatic heterocycles. The minimum Gasteiger partial charge on any atom is -0.494 e. The van der Waals surface area contributed by atoms with E-state index in [-0.39, 0.29) is 11.3 Å². The molecule has 1 amide bonds. The number of hydrogen-bond donors (Lipinski definition) is 3. The maximum Gasteiger partial charge on any atom is 0.367 e. The standard InChI is InChI=1S/C13H13N3O5/c1-15-11(18)9(12(19)16(21)13(15)20)10(17)14-7-8-5-3-2-4-6-8/h2-6,18,21H,7H2,1H3,(H,14,17). The van der Waals surface area contributed by atoms with E-state index in [4.69, 9.17) is 0 Å². The fraction of sp³-hybridized carbons (Fsp3) is 0.154. The molecule has 1 aromatic carbocycles. The van der Waals surface area contributed by atoms with Gasteiger partial charge in [0.05, 0.1) is 0 Å². The summed E-state index contributed by atoms with van der Waals surface area (Å²) in [5, 5.41) is 21.5. The summed E-state index contributed by atoms with van der Waals surface area (Å²) in [7, 11) is 1.12. The first-order valence-electron chi connectivity index (χ1n) is 6.00. The SMILES string of the molecule is Cn1c(O)c(C(=O)NCc2ccccc2)c(=O)n(O)c1=O. The second-order valence-electron chi connectivity index (χ2n) is 4.33. The number of carbonyl (C=O) groups excluding carboxylic acids is 1. The Kier molecular flexibility index (Phi) is 3.79. The Bertz CT molecular complexity index is 792. The molecule has 21 heavy (non-hydrogen) atoms. The first-order valence-corrected chi connectivity index (χ1v) is 6.00. The van der Waals surface area contributed by atoms with Gasteiger partial charge in [-0.05, 0) is 5.56 Å². The van der Waals surface area contributed by atoms with Crippen LogP contribution >= 0.6 is 0 Å². The molecule has 0 bridgehead atoms. The third-order valence-electron chi connectivity index (χ3n) is 2.94. The first-order chi connectivity index (χ1) is 9.93. The molecule has 0 atom stereocenters. The van der Waals surface area contributed by atoms with E-state index in [9.17, 15) is 24.7 Å². The molecular formula is C13H13N3O5. The van der Waals surface area contributed by atoms with E-state index >= 15 is 0 Å². The summed E-state index contributed by atoms with van der Waals surface area (Å²) in [5.41, 5.74) is -2.33. The molecule has 0 fully saturated rings. The Morgan fingerprint density at radius 2 is 1.86 bits per heavy atom. The smallest absolute Gasteiger partial charge is 0.367 e. The Balaban J connectivity index is 2.32. The van der Waals surface area contributed by atoms with Crippen LogP contribution in [0.15, 0.2) is 39.9 Å². The van der Waals surface area contributed by atoms with Crippen LogP contribution in [0.5, 0.6) is 5.88 Å². The van der Waals surface area contributed by atoms with Gasteiger partial charge in [0, 0.05) is 13.6 Å². The lowest BCUT2D eigenvalue weighted by molar-refractivity contribution is 0.0930. The van der Waals surface area contributed by atoms with Crippen molar-refractivity contribution in [1.29, 1.82) is 0 Å². The molecule has 0 unspecified atom stereocenters. The zero-order chi connectivity index (χ0) is 15.6. The second kappa shape index (κ2) is 5.53. The van der Waals surface area contributed by atoms with Gasteiger partial charge >= 0.3 is 11.2 Å². The van der Waals surface area contributed by atoms with Crippen LogP contribution in [-0.2, 0) is 13.6 Å². The lowest BCUT2D eigenvalue weighted by Gasteiger charge is -2.09. The molecule has 2 rings (SSSR count). The Morgan fingerprint density at radius 3 is 2.48 bits per heavy atom. The van der Waals surface area contributed by atoms with Crippen molar-refractivity contribution in [1.82, 2.24) is 14.6 Å². The minimum atomic E-state index is -1.28. The largest absolute Gasteiger partial charge is 0.494 e. The van der Waals surface area contributed by atoms with Gasteiger partial charge in [0.2, 0.25) is 5.88 Å². The van der Waals surface area contributed by atoms with E-state index in [2.05, 4.69) is 5.32 Å². The van der Waals surface area contributed by atoms with Crippen LogP contribution in [0.4, 0.5) is 0 Å². The van der Waals surface area contributed by atoms with Gasteiger partial charge in [0.15, 0.2) is 5.56 Å². The number of carbonyl (C=O) groups is 1. The molecule has 2 aromatic rings. The summed E-state index contributed by atoms with van der Waals surface area (Å²) in [6.45, 7) is 0.132. The van der Waals surface area contributed by atoms with Crippen molar-refractivity contribution in [3.8, 4) is 5.88 Å². The number of aromatic hydroxyl groups is 1. The van der Waals surface area contributed by atoms with Gasteiger partial charge in [-0.1, -0.05) is 35.1 Å². The van der Waals surface area contributed by atoms with Crippen molar-refractivity contribution >= 4 is 5.91 Å². The van der Waals surface area contributed by atoms with E-state index in [0.29, 0.717) is 4.57 Å². The number of hydrogen-bond acceptors (Lipinski definition) is 5. The van der Waals surface area contributed by atoms with Crippen molar-refractivity contribution < 1.29 is 15.1 Å². The predicted molar refractivity (Wildman–Crippen MR) is 72.4 cm³/mol. The molecule has 0 saturated heterocycles. The van der Waals surface area contributed by atoms with Gasteiger partial charge < -0.3 is 15.6 Å². The van der Waals surface area contributed by atoms with Crippen LogP contribution in [0.2, 0.25) is 0 Å². The van der Waals surface area contributed by atoms with Crippen LogP contribution in [0.25, 0.3) is 0 Å². The van der Waals surface area contributed by atoms with Crippen LogP contribution in [0, 0.1) is 0 Å². The monoisotopic (exact) mass is 291 g/mol. The Hall–Kier alpha value is -3.03. The minimum absolute atomic E-state index is 0.132. The highest BCUT2D eigenvalue weighted by Crippen LogP contribution is 2.08. The third-order valence-corrected chi connectivity index (χ3v) is 2.94. The Labute approximate surface area is 118 Å². The van der Waals surface area contributed by atoms with E-state index in [0.717, 1.165) is 12.6 Å². The quantitative estimate of drug-likeness (QED) is 0.655. The highest BCUT2D eigenvalue weighted by Gasteiger charge is 2.22. The average Bonchev–Trinajstić information content (AvgIpc) is 2.50. The van der Waals surface area contributed by atoms with Gasteiger partial charge in [-0.15, -0.1) is 0 Å². The van der Waals surface area contributed by atoms with Crippen LogP contribution in [0.1, 0.15) is 15.9 Å². The molecule has 0 saturated carbocycles. The highest BCUT2D eigenvalue weighted by atomic mass is 16.5. The number of rotatable bonds is 3. The summed E-state index contributed by atoms with van der Waals surface area (Å²) in [5.74, 6) is -1.69. The molecule has 0 aliphatic carbocycles. The molecule has 0 radical (unpaired) electrons. The van der Waals surface area contributed by atoms with Crippen molar-refractivity contribution in [2.45, 2.75) is 6.54 Å². The van der Waals surface area contributed by atoms with Crippen LogP contribution in [-0.4, -0.2) is 25.5 Å². The van der Waals surface area contributed by atoms with Gasteiger partial charge in [0.1, 0.15) is 0 Å². The zero-order valence-corrected chi connectivity index (χ0v) is 11.1. The summed E-state index contributed by atoms with van der Waals surface area (Å²) in [4.78, 5) is 35.0. The fourth-order valence-electron chi connectivity index (χ4n) is 1.75. The lowest BCUT2D eigenvalue weighted by Crippen LogP contribution is -2.42. The van der Waals surface area contributed by atoms with Crippen molar-refractivity contribution in [3.05, 3.63) is 62.3 Å². The van der Waals surface area contributed by atoms with Gasteiger partial charge in [-0.25, -0.2) is 4.79 Å². The first kappa shape index (κ1) is 14.4. The third kappa shape index (κ3) is 2.64. The maximum atomic E-state index is 12.0. The van der Waals surface area contributed by atoms with E-state index in [1.807, 2.05) is 6.07 Å². The average molecular weight is 291 g/mol. The number of aromatic nitrogens is 2. The van der Waals surface area contributed by atoms with Gasteiger partial charge in [-0.3, -0.25) is 14.2 Å². The summed E-state index contributed by atoms with van der Waals surface area (Å²) < 4.78 is 0.371. The second-order valence-corrected chi connectivity index (χ2v) is 4.33. The van der Waals surface area contributed by atoms with Crippen molar-refractivity contribution in [2.24, 2.45) is 7.05 Å². The molecule has 0 aliphatic heterocycles. The normalized spacial score (nSPS) is 10.3. The maximum absolute atomic E-state index is 12.0. The molecule has 3 N–H and O–H groups in total. The molecule has 0 spiro atoms. The molecule has 8 heteroatoms. The Morgan fingerprint density at radius 1 is 1.24 bits per heavy atom. The van der Waals surface area contributed by atoms with Crippen LogP contribution < -0.4 is 16.6 Å². The fourth-order valence-corrected chi connectivity index (χ4v) is 1.75. The number of nitrogens with one attached hydrogen (secondary N) is 1.